The molecule has 0 amide bonds. The second-order valence-electron chi connectivity index (χ2n) is 3.87. The molecule has 1 aliphatic rings. The quantitative estimate of drug-likeness (QED) is 0.733. The fourth-order valence-electron chi connectivity index (χ4n) is 1.87. The van der Waals surface area contributed by atoms with Crippen molar-refractivity contribution in [2.24, 2.45) is 0 Å². The maximum Gasteiger partial charge on any atom is 0.119 e. The van der Waals surface area contributed by atoms with Crippen LogP contribution in [0.1, 0.15) is 43.2 Å². The highest BCUT2D eigenvalue weighted by atomic mass is 16.3. The second-order valence-corrected chi connectivity index (χ2v) is 3.87. The molecule has 0 heterocycles. The highest BCUT2D eigenvalue weighted by Gasteiger charge is 2.22. The van der Waals surface area contributed by atoms with Crippen LogP contribution in [0.3, 0.4) is 0 Å². The Balaban J connectivity index is 2.30. The van der Waals surface area contributed by atoms with Crippen LogP contribution in [0, 0.1) is 0 Å². The van der Waals surface area contributed by atoms with Crippen LogP contribution in [-0.2, 0) is 6.42 Å². The second kappa shape index (κ2) is 3.41. The van der Waals surface area contributed by atoms with Crippen LogP contribution in [0.2, 0.25) is 0 Å². The van der Waals surface area contributed by atoms with E-state index in [4.69, 9.17) is 0 Å². The largest absolute Gasteiger partial charge is 0.508 e. The lowest BCUT2D eigenvalue weighted by molar-refractivity contribution is 0.393. The molecule has 1 heteroatoms. The Morgan fingerprint density at radius 3 is 2.69 bits per heavy atom. The van der Waals surface area contributed by atoms with Crippen LogP contribution in [0.5, 0.6) is 5.75 Å². The Labute approximate surface area is 79.4 Å². The molecule has 70 valence electrons. The molecule has 0 bridgehead atoms. The lowest BCUT2D eigenvalue weighted by Gasteiger charge is -2.26. The molecule has 1 saturated carbocycles. The number of hydrogen-bond donors (Lipinski definition) is 1. The van der Waals surface area contributed by atoms with Gasteiger partial charge in [0.15, 0.2) is 0 Å². The Kier molecular flexibility index (Phi) is 2.26. The Hall–Kier alpha value is -0.980. The predicted octanol–water partition coefficient (Wildman–Crippen LogP) is 3.22. The van der Waals surface area contributed by atoms with Crippen LogP contribution in [-0.4, -0.2) is 5.11 Å². The van der Waals surface area contributed by atoms with Gasteiger partial charge in [0.25, 0.3) is 0 Å². The summed E-state index contributed by atoms with van der Waals surface area (Å²) >= 11 is 0. The number of benzene rings is 1. The molecule has 0 atom stereocenters. The summed E-state index contributed by atoms with van der Waals surface area (Å²) in [6, 6.07) is 6.02. The van der Waals surface area contributed by atoms with Gasteiger partial charge >= 0.3 is 0 Å². The third kappa shape index (κ3) is 1.55. The molecule has 1 aromatic rings. The first-order valence-corrected chi connectivity index (χ1v) is 5.13. The molecule has 13 heavy (non-hydrogen) atoms. The Morgan fingerprint density at radius 2 is 2.15 bits per heavy atom. The zero-order chi connectivity index (χ0) is 9.26. The molecule has 1 nitrogen and oxygen atoms in total. The van der Waals surface area contributed by atoms with E-state index in [1.165, 1.54) is 30.4 Å². The standard InChI is InChI=1S/C12H16O/c1-2-9-6-7-12(13)11(8-9)10-4-3-5-10/h6-8,10,13H,2-5H2,1H3. The minimum atomic E-state index is 0.488. The Morgan fingerprint density at radius 1 is 1.38 bits per heavy atom. The number of aryl methyl sites for hydroxylation is 1. The third-order valence-electron chi connectivity index (χ3n) is 3.05. The number of phenols is 1. The summed E-state index contributed by atoms with van der Waals surface area (Å²) in [7, 11) is 0. The van der Waals surface area contributed by atoms with E-state index in [9.17, 15) is 5.11 Å². The van der Waals surface area contributed by atoms with Crippen molar-refractivity contribution in [1.82, 2.24) is 0 Å². The third-order valence-corrected chi connectivity index (χ3v) is 3.05. The summed E-state index contributed by atoms with van der Waals surface area (Å²) < 4.78 is 0. The summed E-state index contributed by atoms with van der Waals surface area (Å²) in [6.45, 7) is 2.15. The lowest BCUT2D eigenvalue weighted by Crippen LogP contribution is -2.09. The van der Waals surface area contributed by atoms with Gasteiger partial charge in [0.1, 0.15) is 5.75 Å². The maximum atomic E-state index is 9.67. The Bertz CT molecular complexity index is 300. The summed E-state index contributed by atoms with van der Waals surface area (Å²) in [5.41, 5.74) is 2.50. The average Bonchev–Trinajstić information content (AvgIpc) is 2.06. The molecule has 0 saturated heterocycles. The van der Waals surface area contributed by atoms with Crippen LogP contribution >= 0.6 is 0 Å². The van der Waals surface area contributed by atoms with Crippen molar-refractivity contribution in [3.8, 4) is 5.75 Å². The van der Waals surface area contributed by atoms with Crippen LogP contribution < -0.4 is 0 Å². The molecule has 1 N–H and O–H groups in total. The van der Waals surface area contributed by atoms with E-state index < -0.39 is 0 Å². The van der Waals surface area contributed by atoms with Gasteiger partial charge in [-0.2, -0.15) is 0 Å². The zero-order valence-electron chi connectivity index (χ0n) is 8.09. The highest BCUT2D eigenvalue weighted by molar-refractivity contribution is 5.39. The van der Waals surface area contributed by atoms with Gasteiger partial charge in [-0.1, -0.05) is 25.5 Å². The predicted molar refractivity (Wildman–Crippen MR) is 54.1 cm³/mol. The molecule has 1 aliphatic carbocycles. The van der Waals surface area contributed by atoms with Crippen molar-refractivity contribution in [2.45, 2.75) is 38.5 Å². The van der Waals surface area contributed by atoms with Gasteiger partial charge < -0.3 is 5.11 Å². The minimum absolute atomic E-state index is 0.488. The van der Waals surface area contributed by atoms with Gasteiger partial charge in [-0.15, -0.1) is 0 Å². The lowest BCUT2D eigenvalue weighted by atomic mass is 9.79. The summed E-state index contributed by atoms with van der Waals surface area (Å²) in [4.78, 5) is 0. The summed E-state index contributed by atoms with van der Waals surface area (Å²) in [5.74, 6) is 1.12. The van der Waals surface area contributed by atoms with Gasteiger partial charge in [0.05, 0.1) is 0 Å². The van der Waals surface area contributed by atoms with Gasteiger partial charge in [0, 0.05) is 0 Å². The van der Waals surface area contributed by atoms with E-state index in [-0.39, 0.29) is 0 Å². The topological polar surface area (TPSA) is 20.2 Å². The van der Waals surface area contributed by atoms with Crippen molar-refractivity contribution in [1.29, 1.82) is 0 Å². The van der Waals surface area contributed by atoms with E-state index in [2.05, 4.69) is 13.0 Å². The van der Waals surface area contributed by atoms with Gasteiger partial charge in [0.2, 0.25) is 0 Å². The van der Waals surface area contributed by atoms with Gasteiger partial charge in [-0.3, -0.25) is 0 Å². The molecule has 0 aromatic heterocycles. The molecule has 0 aliphatic heterocycles. The fourth-order valence-corrected chi connectivity index (χ4v) is 1.87. The van der Waals surface area contributed by atoms with Crippen molar-refractivity contribution < 1.29 is 5.11 Å². The van der Waals surface area contributed by atoms with E-state index >= 15 is 0 Å². The van der Waals surface area contributed by atoms with E-state index in [0.717, 1.165) is 6.42 Å². The first-order chi connectivity index (χ1) is 6.31. The highest BCUT2D eigenvalue weighted by Crippen LogP contribution is 2.40. The molecule has 0 spiro atoms. The fraction of sp³-hybridized carbons (Fsp3) is 0.500. The zero-order valence-corrected chi connectivity index (χ0v) is 8.09. The monoisotopic (exact) mass is 176 g/mol. The molecule has 0 unspecified atom stereocenters. The van der Waals surface area contributed by atoms with Crippen LogP contribution in [0.15, 0.2) is 18.2 Å². The number of phenolic OH excluding ortho intramolecular Hbond substituents is 1. The van der Waals surface area contributed by atoms with Crippen LogP contribution in [0.25, 0.3) is 0 Å². The minimum Gasteiger partial charge on any atom is -0.508 e. The number of aromatic hydroxyl groups is 1. The normalized spacial score (nSPS) is 17.0. The number of hydrogen-bond acceptors (Lipinski definition) is 1. The number of rotatable bonds is 2. The maximum absolute atomic E-state index is 9.67. The smallest absolute Gasteiger partial charge is 0.119 e. The molecular formula is C12H16O. The average molecular weight is 176 g/mol. The molecule has 1 fully saturated rings. The van der Waals surface area contributed by atoms with E-state index in [0.29, 0.717) is 11.7 Å². The van der Waals surface area contributed by atoms with E-state index in [1.54, 1.807) is 0 Å². The van der Waals surface area contributed by atoms with Crippen molar-refractivity contribution in [3.63, 3.8) is 0 Å². The summed E-state index contributed by atoms with van der Waals surface area (Å²) in [5, 5.41) is 9.67. The van der Waals surface area contributed by atoms with E-state index in [1.807, 2.05) is 12.1 Å². The molecule has 1 aromatic carbocycles. The van der Waals surface area contributed by atoms with Crippen LogP contribution in [0.4, 0.5) is 0 Å². The van der Waals surface area contributed by atoms with Crippen molar-refractivity contribution >= 4 is 0 Å². The molecule has 2 rings (SSSR count). The van der Waals surface area contributed by atoms with Gasteiger partial charge in [-0.05, 0) is 42.4 Å². The van der Waals surface area contributed by atoms with Gasteiger partial charge in [-0.25, -0.2) is 0 Å². The molecule has 0 radical (unpaired) electrons. The first-order valence-electron chi connectivity index (χ1n) is 5.13. The molecular weight excluding hydrogens is 160 g/mol. The van der Waals surface area contributed by atoms with Crippen molar-refractivity contribution in [2.75, 3.05) is 0 Å². The van der Waals surface area contributed by atoms with Crippen molar-refractivity contribution in [3.05, 3.63) is 29.3 Å². The summed E-state index contributed by atoms with van der Waals surface area (Å²) in [6.07, 6.45) is 4.88. The SMILES string of the molecule is CCc1ccc(O)c(C2CCC2)c1. The first kappa shape index (κ1) is 8.61.